The zero-order valence-electron chi connectivity index (χ0n) is 22.8. The molecule has 0 saturated carbocycles. The van der Waals surface area contributed by atoms with E-state index in [2.05, 4.69) is 27.9 Å². The molecule has 0 amide bonds. The summed E-state index contributed by atoms with van der Waals surface area (Å²) in [6.45, 7) is 5.67. The molecule has 0 aliphatic carbocycles. The van der Waals surface area contributed by atoms with Crippen LogP contribution >= 0.6 is 0 Å². The van der Waals surface area contributed by atoms with Crippen LogP contribution in [0.5, 0.6) is 0 Å². The minimum Gasteiger partial charge on any atom is -1.00 e. The van der Waals surface area contributed by atoms with E-state index in [1.165, 1.54) is 133 Å². The van der Waals surface area contributed by atoms with E-state index in [1.807, 2.05) is 0 Å². The molecule has 0 aromatic heterocycles. The third kappa shape index (κ3) is 24.8. The summed E-state index contributed by atoms with van der Waals surface area (Å²) >= 11 is 0. The lowest BCUT2D eigenvalue weighted by Gasteiger charge is -2.29. The molecule has 196 valence electrons. The summed E-state index contributed by atoms with van der Waals surface area (Å²) in [5.41, 5.74) is -0.405. The molecule has 3 heteroatoms. The van der Waals surface area contributed by atoms with Gasteiger partial charge >= 0.3 is 0 Å². The highest BCUT2D eigenvalue weighted by atomic mass is 35.5. The summed E-state index contributed by atoms with van der Waals surface area (Å²) in [5, 5.41) is 11.3. The summed E-state index contributed by atoms with van der Waals surface area (Å²) in [7, 11) is 4.42. The molecule has 0 aliphatic rings. The van der Waals surface area contributed by atoms with Crippen molar-refractivity contribution in [2.24, 2.45) is 0 Å². The van der Waals surface area contributed by atoms with Gasteiger partial charge in [0.15, 0.2) is 0 Å². The third-order valence-corrected chi connectivity index (χ3v) is 7.08. The molecule has 0 aromatic rings. The Kier molecular flexibility index (Phi) is 27.7. The van der Waals surface area contributed by atoms with Crippen molar-refractivity contribution < 1.29 is 22.4 Å². The van der Waals surface area contributed by atoms with Crippen molar-refractivity contribution >= 4 is 0 Å². The Bertz CT molecular complexity index is 324. The fraction of sp³-hybridized carbons (Fsp3) is 1.00. The van der Waals surface area contributed by atoms with E-state index in [4.69, 9.17) is 0 Å². The maximum absolute atomic E-state index is 11.3. The highest BCUT2D eigenvalue weighted by molar-refractivity contribution is 4.78. The van der Waals surface area contributed by atoms with Gasteiger partial charge in [0, 0.05) is 6.42 Å². The molecule has 0 rings (SSSR count). The van der Waals surface area contributed by atoms with E-state index in [0.29, 0.717) is 0 Å². The van der Waals surface area contributed by atoms with Crippen LogP contribution in [0.25, 0.3) is 0 Å². The van der Waals surface area contributed by atoms with Crippen LogP contribution in [0.2, 0.25) is 0 Å². The maximum Gasteiger partial charge on any atom is 0.0794 e. The smallest absolute Gasteiger partial charge is 0.0794 e. The minimum atomic E-state index is -0.405. The van der Waals surface area contributed by atoms with Crippen LogP contribution in [0.3, 0.4) is 0 Å². The first-order chi connectivity index (χ1) is 15.0. The van der Waals surface area contributed by atoms with Gasteiger partial charge in [-0.05, 0) is 12.8 Å². The van der Waals surface area contributed by atoms with Crippen LogP contribution in [0, 0.1) is 0 Å². The summed E-state index contributed by atoms with van der Waals surface area (Å²) in [6, 6.07) is 0. The van der Waals surface area contributed by atoms with Gasteiger partial charge in [-0.3, -0.25) is 0 Å². The first kappa shape index (κ1) is 34.4. The summed E-state index contributed by atoms with van der Waals surface area (Å²) in [6.07, 6.45) is 30.5. The predicted octanol–water partition coefficient (Wildman–Crippen LogP) is 4.88. The van der Waals surface area contributed by atoms with Crippen LogP contribution in [-0.4, -0.2) is 31.3 Å². The molecule has 2 N–H and O–H groups in total. The van der Waals surface area contributed by atoms with Crippen LogP contribution in [0.4, 0.5) is 0 Å². The second-order valence-corrected chi connectivity index (χ2v) is 10.8. The topological polar surface area (TPSA) is 24.7 Å². The largest absolute Gasteiger partial charge is 1.00 e. The number of aliphatic hydroxyl groups is 1. The average Bonchev–Trinajstić information content (AvgIpc) is 2.75. The molecular weight excluding hydrogens is 414 g/mol. The van der Waals surface area contributed by atoms with E-state index in [9.17, 15) is 5.11 Å². The van der Waals surface area contributed by atoms with Crippen molar-refractivity contribution in [2.75, 3.05) is 20.6 Å². The summed E-state index contributed by atoms with van der Waals surface area (Å²) in [4.78, 5) is 1.46. The lowest BCUT2D eigenvalue weighted by Crippen LogP contribution is -3.05. The first-order valence-electron chi connectivity index (χ1n) is 14.6. The first-order valence-corrected chi connectivity index (χ1v) is 14.6. The number of hydrogen-bond donors (Lipinski definition) is 2. The number of unbranched alkanes of at least 4 members (excludes halogenated alkanes) is 18. The minimum absolute atomic E-state index is 0. The van der Waals surface area contributed by atoms with Crippen molar-refractivity contribution in [3.63, 3.8) is 0 Å². The normalized spacial score (nSPS) is 11.8. The van der Waals surface area contributed by atoms with Gasteiger partial charge in [-0.25, -0.2) is 0 Å². The van der Waals surface area contributed by atoms with Crippen molar-refractivity contribution in [1.29, 1.82) is 0 Å². The van der Waals surface area contributed by atoms with Crippen LogP contribution in [0.1, 0.15) is 162 Å². The maximum atomic E-state index is 11.3. The monoisotopic (exact) mass is 475 g/mol. The molecule has 0 unspecified atom stereocenters. The molecule has 0 atom stereocenters. The van der Waals surface area contributed by atoms with Crippen molar-refractivity contribution in [2.45, 2.75) is 167 Å². The lowest BCUT2D eigenvalue weighted by atomic mass is 9.86. The standard InChI is InChI=1S/C29H61NO.ClH/c1-5-7-9-11-13-15-17-19-21-23-25-29(31,27-28-30(3)4)26-24-22-20-18-16-14-12-10-8-6-2;/h31H,5-28H2,1-4H3;1H. The van der Waals surface area contributed by atoms with E-state index in [-0.39, 0.29) is 12.4 Å². The Morgan fingerprint density at radius 3 is 1.03 bits per heavy atom. The third-order valence-electron chi connectivity index (χ3n) is 7.08. The van der Waals surface area contributed by atoms with Gasteiger partial charge in [-0.15, -0.1) is 0 Å². The van der Waals surface area contributed by atoms with Crippen molar-refractivity contribution in [3.8, 4) is 0 Å². The van der Waals surface area contributed by atoms with E-state index in [1.54, 1.807) is 0 Å². The van der Waals surface area contributed by atoms with Gasteiger partial charge < -0.3 is 22.4 Å². The van der Waals surface area contributed by atoms with Crippen LogP contribution in [-0.2, 0) is 0 Å². The molecule has 0 bridgehead atoms. The Morgan fingerprint density at radius 1 is 0.469 bits per heavy atom. The lowest BCUT2D eigenvalue weighted by molar-refractivity contribution is -0.859. The highest BCUT2D eigenvalue weighted by Crippen LogP contribution is 2.26. The van der Waals surface area contributed by atoms with Crippen molar-refractivity contribution in [1.82, 2.24) is 0 Å². The Balaban J connectivity index is 0. The van der Waals surface area contributed by atoms with Gasteiger partial charge in [-0.2, -0.15) is 0 Å². The second kappa shape index (κ2) is 25.8. The Labute approximate surface area is 210 Å². The Morgan fingerprint density at radius 2 is 0.750 bits per heavy atom. The van der Waals surface area contributed by atoms with Gasteiger partial charge in [-0.1, -0.05) is 142 Å². The number of hydrogen-bond acceptors (Lipinski definition) is 1. The predicted molar refractivity (Wildman–Crippen MR) is 140 cm³/mol. The number of rotatable bonds is 25. The molecule has 0 heterocycles. The molecule has 0 saturated heterocycles. The van der Waals surface area contributed by atoms with Crippen molar-refractivity contribution in [3.05, 3.63) is 0 Å². The van der Waals surface area contributed by atoms with Gasteiger partial charge in [0.25, 0.3) is 0 Å². The fourth-order valence-electron chi connectivity index (χ4n) is 4.74. The molecule has 0 radical (unpaired) electrons. The number of quaternary nitrogens is 1. The van der Waals surface area contributed by atoms with Crippen LogP contribution in [0.15, 0.2) is 0 Å². The van der Waals surface area contributed by atoms with E-state index in [0.717, 1.165) is 25.8 Å². The zero-order valence-corrected chi connectivity index (χ0v) is 23.6. The van der Waals surface area contributed by atoms with Crippen LogP contribution < -0.4 is 17.3 Å². The van der Waals surface area contributed by atoms with Gasteiger partial charge in [0.2, 0.25) is 0 Å². The molecule has 0 aliphatic heterocycles. The fourth-order valence-corrected chi connectivity index (χ4v) is 4.74. The van der Waals surface area contributed by atoms with Gasteiger partial charge in [0.1, 0.15) is 0 Å². The number of halogens is 1. The SMILES string of the molecule is CCCCCCCCCCCCC(O)(CCCCCCCCCCCC)CC[NH+](C)C.[Cl-]. The summed E-state index contributed by atoms with van der Waals surface area (Å²) in [5.74, 6) is 0. The molecular formula is C29H62ClNO. The highest BCUT2D eigenvalue weighted by Gasteiger charge is 2.26. The van der Waals surface area contributed by atoms with Gasteiger partial charge in [0.05, 0.1) is 26.2 Å². The molecule has 0 aromatic carbocycles. The summed E-state index contributed by atoms with van der Waals surface area (Å²) < 4.78 is 0. The second-order valence-electron chi connectivity index (χ2n) is 10.8. The molecule has 2 nitrogen and oxygen atoms in total. The Hall–Kier alpha value is 0.210. The molecule has 0 spiro atoms. The molecule has 0 fully saturated rings. The molecule has 32 heavy (non-hydrogen) atoms. The average molecular weight is 476 g/mol. The van der Waals surface area contributed by atoms with E-state index >= 15 is 0 Å². The zero-order chi connectivity index (χ0) is 23.0. The number of nitrogens with one attached hydrogen (secondary N) is 1. The quantitative estimate of drug-likeness (QED) is 0.181. The van der Waals surface area contributed by atoms with E-state index < -0.39 is 5.60 Å².